The molecule has 1 fully saturated rings. The number of aliphatic hydroxyl groups excluding tert-OH is 1. The summed E-state index contributed by atoms with van der Waals surface area (Å²) in [6.45, 7) is 6.50. The Hall–Kier alpha value is -0.860. The van der Waals surface area contributed by atoms with Gasteiger partial charge < -0.3 is 10.0 Å². The lowest BCUT2D eigenvalue weighted by molar-refractivity contribution is 0.139. The van der Waals surface area contributed by atoms with E-state index in [4.69, 9.17) is 0 Å². The van der Waals surface area contributed by atoms with Crippen LogP contribution in [0.15, 0.2) is 24.3 Å². The number of nitrogens with zero attached hydrogens (tertiary/aromatic N) is 1. The summed E-state index contributed by atoms with van der Waals surface area (Å²) < 4.78 is 0. The highest BCUT2D eigenvalue weighted by Gasteiger charge is 2.28. The molecule has 18 heavy (non-hydrogen) atoms. The molecule has 2 heteroatoms. The molecule has 0 spiro atoms. The zero-order valence-electron chi connectivity index (χ0n) is 11.6. The molecule has 1 aromatic carbocycles. The van der Waals surface area contributed by atoms with Crippen molar-refractivity contribution in [2.45, 2.75) is 51.7 Å². The molecule has 1 saturated carbocycles. The first kappa shape index (κ1) is 13.6. The largest absolute Gasteiger partial charge is 0.388 e. The molecule has 100 valence electrons. The summed E-state index contributed by atoms with van der Waals surface area (Å²) in [5.74, 6) is 0. The van der Waals surface area contributed by atoms with Crippen LogP contribution in [0.25, 0.3) is 0 Å². The third kappa shape index (κ3) is 3.82. The van der Waals surface area contributed by atoms with Crippen LogP contribution in [-0.2, 0) is 0 Å². The zero-order valence-corrected chi connectivity index (χ0v) is 11.6. The number of hydrogen-bond donors (Lipinski definition) is 1. The first-order chi connectivity index (χ1) is 8.70. The maximum atomic E-state index is 10.2. The quantitative estimate of drug-likeness (QED) is 0.799. The monoisotopic (exact) mass is 247 g/mol. The van der Waals surface area contributed by atoms with Gasteiger partial charge in [0.15, 0.2) is 0 Å². The molecule has 1 atom stereocenters. The summed E-state index contributed by atoms with van der Waals surface area (Å²) in [7, 11) is 0. The normalized spacial score (nSPS) is 17.1. The summed E-state index contributed by atoms with van der Waals surface area (Å²) in [4.78, 5) is 2.54. The van der Waals surface area contributed by atoms with Crippen molar-refractivity contribution in [3.05, 3.63) is 35.4 Å². The van der Waals surface area contributed by atoms with Gasteiger partial charge in [-0.25, -0.2) is 0 Å². The van der Waals surface area contributed by atoms with E-state index in [2.05, 4.69) is 30.9 Å². The van der Waals surface area contributed by atoms with Crippen LogP contribution in [-0.4, -0.2) is 29.1 Å². The topological polar surface area (TPSA) is 23.5 Å². The van der Waals surface area contributed by atoms with Gasteiger partial charge in [-0.2, -0.15) is 0 Å². The molecule has 2 rings (SSSR count). The highest BCUT2D eigenvalue weighted by Crippen LogP contribution is 2.28. The summed E-state index contributed by atoms with van der Waals surface area (Å²) in [6.07, 6.45) is 4.43. The van der Waals surface area contributed by atoms with Gasteiger partial charge in [0.1, 0.15) is 0 Å². The maximum absolute atomic E-state index is 10.2. The van der Waals surface area contributed by atoms with Crippen molar-refractivity contribution < 1.29 is 5.11 Å². The SMILES string of the molecule is CCCN(CCC(O)c1ccc(C)cc1)C1CC1. The van der Waals surface area contributed by atoms with Gasteiger partial charge in [0, 0.05) is 12.6 Å². The number of hydrogen-bond acceptors (Lipinski definition) is 2. The predicted molar refractivity (Wildman–Crippen MR) is 75.6 cm³/mol. The Morgan fingerprint density at radius 3 is 2.44 bits per heavy atom. The van der Waals surface area contributed by atoms with Crippen molar-refractivity contribution in [1.29, 1.82) is 0 Å². The van der Waals surface area contributed by atoms with Crippen LogP contribution in [0.2, 0.25) is 0 Å². The van der Waals surface area contributed by atoms with Gasteiger partial charge in [0.2, 0.25) is 0 Å². The number of rotatable bonds is 7. The van der Waals surface area contributed by atoms with Crippen LogP contribution in [0.1, 0.15) is 49.8 Å². The minimum atomic E-state index is -0.316. The van der Waals surface area contributed by atoms with E-state index < -0.39 is 0 Å². The molecule has 0 bridgehead atoms. The van der Waals surface area contributed by atoms with Crippen molar-refractivity contribution in [2.75, 3.05) is 13.1 Å². The van der Waals surface area contributed by atoms with Gasteiger partial charge in [0.25, 0.3) is 0 Å². The molecule has 1 aliphatic rings. The zero-order chi connectivity index (χ0) is 13.0. The van der Waals surface area contributed by atoms with Gasteiger partial charge in [0.05, 0.1) is 6.10 Å². The molecule has 1 aliphatic carbocycles. The van der Waals surface area contributed by atoms with Crippen molar-refractivity contribution in [3.8, 4) is 0 Å². The lowest BCUT2D eigenvalue weighted by atomic mass is 10.0. The van der Waals surface area contributed by atoms with E-state index in [1.165, 1.54) is 31.4 Å². The van der Waals surface area contributed by atoms with Crippen LogP contribution < -0.4 is 0 Å². The average Bonchev–Trinajstić information content (AvgIpc) is 3.19. The lowest BCUT2D eigenvalue weighted by Crippen LogP contribution is -2.29. The molecular formula is C16H25NO. The van der Waals surface area contributed by atoms with E-state index in [9.17, 15) is 5.11 Å². The molecular weight excluding hydrogens is 222 g/mol. The number of aliphatic hydroxyl groups is 1. The minimum absolute atomic E-state index is 0.316. The van der Waals surface area contributed by atoms with E-state index in [1.54, 1.807) is 0 Å². The number of benzene rings is 1. The molecule has 0 saturated heterocycles. The maximum Gasteiger partial charge on any atom is 0.0802 e. The van der Waals surface area contributed by atoms with Gasteiger partial charge >= 0.3 is 0 Å². The standard InChI is InChI=1S/C16H25NO/c1-3-11-17(15-8-9-15)12-10-16(18)14-6-4-13(2)5-7-14/h4-7,15-16,18H,3,8-12H2,1-2H3. The lowest BCUT2D eigenvalue weighted by Gasteiger charge is -2.22. The Morgan fingerprint density at radius 2 is 1.89 bits per heavy atom. The highest BCUT2D eigenvalue weighted by molar-refractivity contribution is 5.23. The van der Waals surface area contributed by atoms with Crippen LogP contribution in [0.3, 0.4) is 0 Å². The van der Waals surface area contributed by atoms with Crippen molar-refractivity contribution in [1.82, 2.24) is 4.90 Å². The predicted octanol–water partition coefficient (Wildman–Crippen LogP) is 3.29. The first-order valence-electron chi connectivity index (χ1n) is 7.19. The van der Waals surface area contributed by atoms with E-state index >= 15 is 0 Å². The summed E-state index contributed by atoms with van der Waals surface area (Å²) >= 11 is 0. The molecule has 0 aromatic heterocycles. The third-order valence-corrected chi connectivity index (χ3v) is 3.73. The molecule has 2 nitrogen and oxygen atoms in total. The second-order valence-corrected chi connectivity index (χ2v) is 5.48. The fourth-order valence-corrected chi connectivity index (χ4v) is 2.45. The van der Waals surface area contributed by atoms with Crippen LogP contribution in [0, 0.1) is 6.92 Å². The van der Waals surface area contributed by atoms with Gasteiger partial charge in [-0.15, -0.1) is 0 Å². The molecule has 1 N–H and O–H groups in total. The van der Waals surface area contributed by atoms with E-state index in [-0.39, 0.29) is 6.10 Å². The van der Waals surface area contributed by atoms with Gasteiger partial charge in [-0.1, -0.05) is 36.8 Å². The second-order valence-electron chi connectivity index (χ2n) is 5.48. The summed E-state index contributed by atoms with van der Waals surface area (Å²) in [6, 6.07) is 9.03. The van der Waals surface area contributed by atoms with E-state index in [1.807, 2.05) is 12.1 Å². The molecule has 1 unspecified atom stereocenters. The molecule has 1 aromatic rings. The minimum Gasteiger partial charge on any atom is -0.388 e. The Bertz CT molecular complexity index is 356. The Balaban J connectivity index is 1.82. The smallest absolute Gasteiger partial charge is 0.0802 e. The summed E-state index contributed by atoms with van der Waals surface area (Å²) in [5, 5.41) is 10.2. The van der Waals surface area contributed by atoms with Gasteiger partial charge in [-0.05, 0) is 44.7 Å². The summed E-state index contributed by atoms with van der Waals surface area (Å²) in [5.41, 5.74) is 2.30. The number of aryl methyl sites for hydroxylation is 1. The van der Waals surface area contributed by atoms with Crippen molar-refractivity contribution in [2.24, 2.45) is 0 Å². The highest BCUT2D eigenvalue weighted by atomic mass is 16.3. The Morgan fingerprint density at radius 1 is 1.22 bits per heavy atom. The molecule has 0 radical (unpaired) electrons. The Kier molecular flexibility index (Phi) is 4.79. The van der Waals surface area contributed by atoms with Crippen molar-refractivity contribution >= 4 is 0 Å². The fourth-order valence-electron chi connectivity index (χ4n) is 2.45. The Labute approximate surface area is 111 Å². The molecule has 0 aliphatic heterocycles. The van der Waals surface area contributed by atoms with E-state index in [0.717, 1.165) is 24.6 Å². The van der Waals surface area contributed by atoms with Crippen LogP contribution in [0.5, 0.6) is 0 Å². The van der Waals surface area contributed by atoms with Crippen LogP contribution >= 0.6 is 0 Å². The second kappa shape index (κ2) is 6.35. The third-order valence-electron chi connectivity index (χ3n) is 3.73. The molecule has 0 heterocycles. The van der Waals surface area contributed by atoms with Gasteiger partial charge in [-0.3, -0.25) is 0 Å². The van der Waals surface area contributed by atoms with E-state index in [0.29, 0.717) is 0 Å². The average molecular weight is 247 g/mol. The fraction of sp³-hybridized carbons (Fsp3) is 0.625. The van der Waals surface area contributed by atoms with Crippen molar-refractivity contribution in [3.63, 3.8) is 0 Å². The van der Waals surface area contributed by atoms with Crippen LogP contribution in [0.4, 0.5) is 0 Å². The molecule has 0 amide bonds. The first-order valence-corrected chi connectivity index (χ1v) is 7.19.